The molecule has 0 atom stereocenters. The van der Waals surface area contributed by atoms with Gasteiger partial charge in [-0.3, -0.25) is 5.84 Å². The van der Waals surface area contributed by atoms with Gasteiger partial charge in [0.1, 0.15) is 4.90 Å². The summed E-state index contributed by atoms with van der Waals surface area (Å²) >= 11 is 0. The van der Waals surface area contributed by atoms with Gasteiger partial charge in [0, 0.05) is 19.2 Å². The van der Waals surface area contributed by atoms with Crippen LogP contribution in [0.25, 0.3) is 0 Å². The minimum atomic E-state index is -3.60. The molecule has 1 aromatic rings. The first-order chi connectivity index (χ1) is 9.61. The number of nitrogens with zero attached hydrogens (tertiary/aromatic N) is 1. The monoisotopic (exact) mass is 299 g/mol. The molecule has 0 bridgehead atoms. The fourth-order valence-corrected chi connectivity index (χ4v) is 4.22. The Bertz CT molecular complexity index is 544. The van der Waals surface area contributed by atoms with E-state index in [1.807, 2.05) is 0 Å². The third-order valence-corrected chi connectivity index (χ3v) is 5.66. The summed E-state index contributed by atoms with van der Waals surface area (Å²) in [6.45, 7) is 0.317. The zero-order valence-electron chi connectivity index (χ0n) is 11.3. The third-order valence-electron chi connectivity index (χ3n) is 3.65. The van der Waals surface area contributed by atoms with E-state index in [9.17, 15) is 8.42 Å². The van der Waals surface area contributed by atoms with Crippen LogP contribution in [0.5, 0.6) is 0 Å². The summed E-state index contributed by atoms with van der Waals surface area (Å²) in [6.07, 6.45) is 3.24. The minimum Gasteiger partial charge on any atom is -0.396 e. The molecule has 0 aliphatic heterocycles. The van der Waals surface area contributed by atoms with Gasteiger partial charge in [0.2, 0.25) is 10.0 Å². The Morgan fingerprint density at radius 2 is 2.05 bits per heavy atom. The number of rotatable bonds is 7. The van der Waals surface area contributed by atoms with Crippen LogP contribution in [0.1, 0.15) is 25.7 Å². The highest BCUT2D eigenvalue weighted by molar-refractivity contribution is 7.89. The van der Waals surface area contributed by atoms with Crippen LogP contribution in [0.15, 0.2) is 29.2 Å². The van der Waals surface area contributed by atoms with Crippen LogP contribution < -0.4 is 11.3 Å². The summed E-state index contributed by atoms with van der Waals surface area (Å²) in [5.41, 5.74) is 2.82. The maximum atomic E-state index is 12.8. The van der Waals surface area contributed by atoms with Crippen molar-refractivity contribution >= 4 is 15.7 Å². The SMILES string of the molecule is NNc1ccccc1S(=O)(=O)N(CCCO)C1CCC1. The van der Waals surface area contributed by atoms with Gasteiger partial charge in [0.15, 0.2) is 0 Å². The molecule has 1 fully saturated rings. The average molecular weight is 299 g/mol. The topological polar surface area (TPSA) is 95.7 Å². The van der Waals surface area contributed by atoms with E-state index in [-0.39, 0.29) is 17.5 Å². The number of aliphatic hydroxyl groups excluding tert-OH is 1. The zero-order chi connectivity index (χ0) is 14.6. The second-order valence-electron chi connectivity index (χ2n) is 4.92. The number of hydrogen-bond donors (Lipinski definition) is 3. The molecule has 0 unspecified atom stereocenters. The summed E-state index contributed by atoms with van der Waals surface area (Å²) in [6, 6.07) is 6.64. The highest BCUT2D eigenvalue weighted by Crippen LogP contribution is 2.32. The lowest BCUT2D eigenvalue weighted by atomic mass is 9.93. The maximum absolute atomic E-state index is 12.8. The van der Waals surface area contributed by atoms with E-state index in [4.69, 9.17) is 10.9 Å². The predicted octanol–water partition coefficient (Wildman–Crippen LogP) is 0.898. The first-order valence-corrected chi connectivity index (χ1v) is 8.23. The molecule has 0 amide bonds. The first kappa shape index (κ1) is 15.2. The van der Waals surface area contributed by atoms with Crippen LogP contribution in [0, 0.1) is 0 Å². The second-order valence-corrected chi connectivity index (χ2v) is 6.78. The number of anilines is 1. The Kier molecular flexibility index (Phi) is 4.98. The van der Waals surface area contributed by atoms with Gasteiger partial charge >= 0.3 is 0 Å². The van der Waals surface area contributed by atoms with Crippen molar-refractivity contribution in [1.29, 1.82) is 0 Å². The van der Waals surface area contributed by atoms with Gasteiger partial charge in [-0.2, -0.15) is 4.31 Å². The third kappa shape index (κ3) is 2.95. The van der Waals surface area contributed by atoms with Crippen LogP contribution in [-0.4, -0.2) is 37.0 Å². The van der Waals surface area contributed by atoms with Crippen molar-refractivity contribution in [3.05, 3.63) is 24.3 Å². The Balaban J connectivity index is 2.33. The van der Waals surface area contributed by atoms with Gasteiger partial charge in [-0.15, -0.1) is 0 Å². The van der Waals surface area contributed by atoms with Gasteiger partial charge in [0.05, 0.1) is 5.69 Å². The summed E-state index contributed by atoms with van der Waals surface area (Å²) in [7, 11) is -3.60. The molecular weight excluding hydrogens is 278 g/mol. The summed E-state index contributed by atoms with van der Waals surface area (Å²) in [4.78, 5) is 0.187. The number of sulfonamides is 1. The molecule has 0 radical (unpaired) electrons. The fourth-order valence-electron chi connectivity index (χ4n) is 2.34. The molecular formula is C13H21N3O3S. The number of aliphatic hydroxyl groups is 1. The predicted molar refractivity (Wildman–Crippen MR) is 77.5 cm³/mol. The molecule has 2 rings (SSSR count). The minimum absolute atomic E-state index is 0.0183. The molecule has 4 N–H and O–H groups in total. The van der Waals surface area contributed by atoms with Gasteiger partial charge in [-0.1, -0.05) is 18.6 Å². The first-order valence-electron chi connectivity index (χ1n) is 6.79. The maximum Gasteiger partial charge on any atom is 0.245 e. The van der Waals surface area contributed by atoms with Crippen LogP contribution in [0.2, 0.25) is 0 Å². The molecule has 6 nitrogen and oxygen atoms in total. The molecule has 0 heterocycles. The van der Waals surface area contributed by atoms with E-state index in [0.29, 0.717) is 18.7 Å². The lowest BCUT2D eigenvalue weighted by molar-refractivity contribution is 0.198. The van der Waals surface area contributed by atoms with E-state index in [2.05, 4.69) is 5.43 Å². The molecule has 1 aliphatic rings. The number of nitrogens with two attached hydrogens (primary N) is 1. The van der Waals surface area contributed by atoms with E-state index in [1.165, 1.54) is 4.31 Å². The molecule has 0 saturated heterocycles. The number of nitrogens with one attached hydrogen (secondary N) is 1. The Hall–Kier alpha value is -1.15. The lowest BCUT2D eigenvalue weighted by Crippen LogP contribution is -2.45. The summed E-state index contributed by atoms with van der Waals surface area (Å²) < 4.78 is 27.1. The van der Waals surface area contributed by atoms with Gasteiger partial charge in [-0.05, 0) is 31.4 Å². The van der Waals surface area contributed by atoms with E-state index < -0.39 is 10.0 Å². The molecule has 0 aromatic heterocycles. The lowest BCUT2D eigenvalue weighted by Gasteiger charge is -2.36. The van der Waals surface area contributed by atoms with Crippen molar-refractivity contribution in [2.24, 2.45) is 5.84 Å². The van der Waals surface area contributed by atoms with Crippen molar-refractivity contribution < 1.29 is 13.5 Å². The van der Waals surface area contributed by atoms with Crippen molar-refractivity contribution in [3.8, 4) is 0 Å². The van der Waals surface area contributed by atoms with Gasteiger partial charge in [-0.25, -0.2) is 8.42 Å². The quantitative estimate of drug-likeness (QED) is 0.513. The van der Waals surface area contributed by atoms with Crippen molar-refractivity contribution in [3.63, 3.8) is 0 Å². The van der Waals surface area contributed by atoms with E-state index >= 15 is 0 Å². The molecule has 1 saturated carbocycles. The molecule has 20 heavy (non-hydrogen) atoms. The summed E-state index contributed by atoms with van der Waals surface area (Å²) in [5, 5.41) is 8.97. The molecule has 0 spiro atoms. The Labute approximate surface area is 119 Å². The van der Waals surface area contributed by atoms with Crippen LogP contribution in [0.4, 0.5) is 5.69 Å². The van der Waals surface area contributed by atoms with Crippen molar-refractivity contribution in [2.45, 2.75) is 36.6 Å². The van der Waals surface area contributed by atoms with Crippen LogP contribution in [0.3, 0.4) is 0 Å². The van der Waals surface area contributed by atoms with Gasteiger partial charge in [0.25, 0.3) is 0 Å². The normalized spacial score (nSPS) is 16.1. The van der Waals surface area contributed by atoms with Gasteiger partial charge < -0.3 is 10.5 Å². The molecule has 112 valence electrons. The molecule has 1 aliphatic carbocycles. The largest absolute Gasteiger partial charge is 0.396 e. The van der Waals surface area contributed by atoms with E-state index in [0.717, 1.165) is 19.3 Å². The second kappa shape index (κ2) is 6.53. The Morgan fingerprint density at radius 1 is 1.35 bits per heavy atom. The number of para-hydroxylation sites is 1. The molecule has 7 heteroatoms. The zero-order valence-corrected chi connectivity index (χ0v) is 12.1. The number of hydrazine groups is 1. The van der Waals surface area contributed by atoms with Crippen molar-refractivity contribution in [1.82, 2.24) is 4.31 Å². The Morgan fingerprint density at radius 3 is 2.60 bits per heavy atom. The number of nitrogen functional groups attached to an aromatic ring is 1. The van der Waals surface area contributed by atoms with E-state index in [1.54, 1.807) is 24.3 Å². The number of benzene rings is 1. The number of hydrogen-bond acceptors (Lipinski definition) is 5. The smallest absolute Gasteiger partial charge is 0.245 e. The highest BCUT2D eigenvalue weighted by Gasteiger charge is 2.35. The van der Waals surface area contributed by atoms with Crippen LogP contribution >= 0.6 is 0 Å². The van der Waals surface area contributed by atoms with Crippen molar-refractivity contribution in [2.75, 3.05) is 18.6 Å². The fraction of sp³-hybridized carbons (Fsp3) is 0.538. The molecule has 1 aromatic carbocycles. The summed E-state index contributed by atoms with van der Waals surface area (Å²) in [5.74, 6) is 5.40. The average Bonchev–Trinajstić information content (AvgIpc) is 2.41. The highest BCUT2D eigenvalue weighted by atomic mass is 32.2. The van der Waals surface area contributed by atoms with Crippen LogP contribution in [-0.2, 0) is 10.0 Å². The standard InChI is InChI=1S/C13H21N3O3S/c14-15-12-7-1-2-8-13(12)20(18,19)16(9-4-10-17)11-5-3-6-11/h1-2,7-8,11,15,17H,3-6,9-10,14H2.